The molecule has 0 atom stereocenters. The Hall–Kier alpha value is -3.32. The van der Waals surface area contributed by atoms with Crippen LogP contribution in [0.15, 0.2) is 53.5 Å². The lowest BCUT2D eigenvalue weighted by Gasteiger charge is -2.13. The molecule has 0 aliphatic rings. The van der Waals surface area contributed by atoms with Crippen molar-refractivity contribution < 1.29 is 19.0 Å². The molecule has 0 saturated carbocycles. The molecule has 1 aromatic heterocycles. The Bertz CT molecular complexity index is 1090. The van der Waals surface area contributed by atoms with E-state index in [0.717, 1.165) is 5.56 Å². The number of pyridine rings is 1. The summed E-state index contributed by atoms with van der Waals surface area (Å²) in [6.07, 6.45) is 2.24. The van der Waals surface area contributed by atoms with Crippen molar-refractivity contribution in [1.82, 2.24) is 9.88 Å². The van der Waals surface area contributed by atoms with Gasteiger partial charge >= 0.3 is 0 Å². The van der Waals surface area contributed by atoms with E-state index >= 15 is 0 Å². The zero-order valence-electron chi connectivity index (χ0n) is 17.4. The van der Waals surface area contributed by atoms with Gasteiger partial charge in [0.25, 0.3) is 11.5 Å². The summed E-state index contributed by atoms with van der Waals surface area (Å²) in [5.74, 6) is 1.09. The number of benzene rings is 2. The number of fused-ring (bicyclic) bond motifs is 1. The average molecular weight is 410 g/mol. The fourth-order valence-corrected chi connectivity index (χ4v) is 3.33. The number of nitrogens with one attached hydrogen (secondary N) is 1. The van der Waals surface area contributed by atoms with Crippen LogP contribution >= 0.6 is 0 Å². The Morgan fingerprint density at radius 2 is 1.73 bits per heavy atom. The van der Waals surface area contributed by atoms with E-state index in [4.69, 9.17) is 14.2 Å². The molecule has 0 bridgehead atoms. The van der Waals surface area contributed by atoms with Gasteiger partial charge in [0.1, 0.15) is 0 Å². The number of nitrogens with zero attached hydrogens (tertiary/aromatic N) is 1. The molecule has 0 radical (unpaired) electrons. The number of carbonyl (C=O) groups excluding carboxylic acids is 1. The van der Waals surface area contributed by atoms with Crippen molar-refractivity contribution in [2.75, 3.05) is 34.5 Å². The van der Waals surface area contributed by atoms with E-state index in [9.17, 15) is 9.59 Å². The van der Waals surface area contributed by atoms with E-state index in [1.54, 1.807) is 45.7 Å². The second-order valence-corrected chi connectivity index (χ2v) is 6.77. The van der Waals surface area contributed by atoms with E-state index in [1.165, 1.54) is 4.57 Å². The molecule has 0 spiro atoms. The van der Waals surface area contributed by atoms with Crippen molar-refractivity contribution in [2.24, 2.45) is 0 Å². The maximum Gasteiger partial charge on any atom is 0.258 e. The number of methoxy groups -OCH3 is 3. The second-order valence-electron chi connectivity index (χ2n) is 6.77. The molecule has 1 N–H and O–H groups in total. The van der Waals surface area contributed by atoms with Crippen molar-refractivity contribution in [3.63, 3.8) is 0 Å². The molecular formula is C23H26N2O5. The molecule has 0 fully saturated rings. The Balaban J connectivity index is 1.78. The summed E-state index contributed by atoms with van der Waals surface area (Å²) < 4.78 is 17.2. The number of hydrogen-bond donors (Lipinski definition) is 1. The molecule has 0 aliphatic carbocycles. The highest BCUT2D eigenvalue weighted by atomic mass is 16.5. The predicted molar refractivity (Wildman–Crippen MR) is 116 cm³/mol. The number of carbonyl (C=O) groups is 1. The highest BCUT2D eigenvalue weighted by Gasteiger charge is 2.14. The third kappa shape index (κ3) is 4.63. The molecule has 3 aromatic rings. The normalized spacial score (nSPS) is 10.8. The van der Waals surface area contributed by atoms with Crippen molar-refractivity contribution in [2.45, 2.75) is 13.0 Å². The van der Waals surface area contributed by atoms with Crippen LogP contribution in [0.2, 0.25) is 0 Å². The standard InChI is InChI=1S/C23H26N2O5/c1-28-13-12-25-15-19(17-6-4-5-7-18(17)23(25)27)22(26)24-11-10-16-8-9-20(29-2)21(14-16)30-3/h4-9,14-15H,10-13H2,1-3H3,(H,24,26). The first kappa shape index (κ1) is 21.4. The van der Waals surface area contributed by atoms with Crippen LogP contribution in [0.4, 0.5) is 0 Å². The van der Waals surface area contributed by atoms with Crippen LogP contribution in [-0.2, 0) is 17.7 Å². The highest BCUT2D eigenvalue weighted by molar-refractivity contribution is 6.06. The van der Waals surface area contributed by atoms with Gasteiger partial charge in [-0.1, -0.05) is 24.3 Å². The summed E-state index contributed by atoms with van der Waals surface area (Å²) in [6, 6.07) is 12.8. The number of ether oxygens (including phenoxy) is 3. The number of rotatable bonds is 9. The van der Waals surface area contributed by atoms with Gasteiger partial charge in [-0.15, -0.1) is 0 Å². The van der Waals surface area contributed by atoms with Crippen LogP contribution in [0.5, 0.6) is 11.5 Å². The smallest absolute Gasteiger partial charge is 0.258 e. The van der Waals surface area contributed by atoms with Crippen LogP contribution in [0.1, 0.15) is 15.9 Å². The van der Waals surface area contributed by atoms with Gasteiger partial charge in [-0.3, -0.25) is 9.59 Å². The summed E-state index contributed by atoms with van der Waals surface area (Å²) in [4.78, 5) is 25.6. The minimum absolute atomic E-state index is 0.135. The van der Waals surface area contributed by atoms with Crippen molar-refractivity contribution in [3.05, 3.63) is 70.1 Å². The topological polar surface area (TPSA) is 78.8 Å². The summed E-state index contributed by atoms with van der Waals surface area (Å²) in [5, 5.41) is 4.10. The molecule has 7 nitrogen and oxygen atoms in total. The van der Waals surface area contributed by atoms with Crippen molar-refractivity contribution >= 4 is 16.7 Å². The predicted octanol–water partition coefficient (Wildman–Crippen LogP) is 2.64. The Morgan fingerprint density at radius 1 is 1.00 bits per heavy atom. The molecule has 0 saturated heterocycles. The SMILES string of the molecule is COCCn1cc(C(=O)NCCc2ccc(OC)c(OC)c2)c2ccccc2c1=O. The summed E-state index contributed by atoms with van der Waals surface area (Å²) >= 11 is 0. The van der Waals surface area contributed by atoms with Gasteiger partial charge in [0.05, 0.1) is 26.4 Å². The Labute approximate surface area is 175 Å². The zero-order chi connectivity index (χ0) is 21.5. The lowest BCUT2D eigenvalue weighted by atomic mass is 10.1. The minimum Gasteiger partial charge on any atom is -0.493 e. The van der Waals surface area contributed by atoms with Crippen LogP contribution in [0, 0.1) is 0 Å². The minimum atomic E-state index is -0.224. The van der Waals surface area contributed by atoms with Crippen LogP contribution in [0.25, 0.3) is 10.8 Å². The molecular weight excluding hydrogens is 384 g/mol. The van der Waals surface area contributed by atoms with Crippen LogP contribution < -0.4 is 20.3 Å². The third-order valence-electron chi connectivity index (χ3n) is 4.92. The van der Waals surface area contributed by atoms with Crippen LogP contribution in [0.3, 0.4) is 0 Å². The maximum absolute atomic E-state index is 12.9. The third-order valence-corrected chi connectivity index (χ3v) is 4.92. The highest BCUT2D eigenvalue weighted by Crippen LogP contribution is 2.27. The van der Waals surface area contributed by atoms with E-state index in [2.05, 4.69) is 5.32 Å². The zero-order valence-corrected chi connectivity index (χ0v) is 17.4. The lowest BCUT2D eigenvalue weighted by molar-refractivity contribution is 0.0954. The summed E-state index contributed by atoms with van der Waals surface area (Å²) in [5.41, 5.74) is 1.35. The first-order valence-corrected chi connectivity index (χ1v) is 9.69. The van der Waals surface area contributed by atoms with Crippen molar-refractivity contribution in [1.29, 1.82) is 0 Å². The Kier molecular flexibility index (Phi) is 7.08. The fourth-order valence-electron chi connectivity index (χ4n) is 3.33. The molecule has 158 valence electrons. The lowest BCUT2D eigenvalue weighted by Crippen LogP contribution is -2.29. The first-order valence-electron chi connectivity index (χ1n) is 9.69. The van der Waals surface area contributed by atoms with E-state index in [0.29, 0.717) is 54.0 Å². The molecule has 0 unspecified atom stereocenters. The van der Waals surface area contributed by atoms with Crippen LogP contribution in [-0.4, -0.2) is 45.0 Å². The molecule has 1 heterocycles. The molecule has 2 aromatic carbocycles. The van der Waals surface area contributed by atoms with Crippen molar-refractivity contribution in [3.8, 4) is 11.5 Å². The molecule has 7 heteroatoms. The molecule has 1 amide bonds. The number of amides is 1. The van der Waals surface area contributed by atoms with Gasteiger partial charge in [-0.2, -0.15) is 0 Å². The van der Waals surface area contributed by atoms with Gasteiger partial charge in [-0.25, -0.2) is 0 Å². The van der Waals surface area contributed by atoms with E-state index in [-0.39, 0.29) is 11.5 Å². The van der Waals surface area contributed by atoms with Gasteiger partial charge in [-0.05, 0) is 30.2 Å². The fraction of sp³-hybridized carbons (Fsp3) is 0.304. The summed E-state index contributed by atoms with van der Waals surface area (Å²) in [6.45, 7) is 1.21. The second kappa shape index (κ2) is 9.93. The first-order chi connectivity index (χ1) is 14.6. The maximum atomic E-state index is 12.9. The number of aromatic nitrogens is 1. The van der Waals surface area contributed by atoms with E-state index in [1.807, 2.05) is 24.3 Å². The van der Waals surface area contributed by atoms with Gasteiger partial charge in [0, 0.05) is 37.2 Å². The van der Waals surface area contributed by atoms with Gasteiger partial charge in [0.2, 0.25) is 0 Å². The van der Waals surface area contributed by atoms with Gasteiger partial charge in [0.15, 0.2) is 11.5 Å². The average Bonchev–Trinajstić information content (AvgIpc) is 2.78. The van der Waals surface area contributed by atoms with E-state index < -0.39 is 0 Å². The van der Waals surface area contributed by atoms with Gasteiger partial charge < -0.3 is 24.1 Å². The molecule has 0 aliphatic heterocycles. The largest absolute Gasteiger partial charge is 0.493 e. The quantitative estimate of drug-likeness (QED) is 0.587. The molecule has 3 rings (SSSR count). The molecule has 30 heavy (non-hydrogen) atoms. The Morgan fingerprint density at radius 3 is 2.43 bits per heavy atom. The summed E-state index contributed by atoms with van der Waals surface area (Å²) in [7, 11) is 4.76. The number of hydrogen-bond acceptors (Lipinski definition) is 5. The monoisotopic (exact) mass is 410 g/mol.